The molecular formula is C14H20N2O2. The Bertz CT molecular complexity index is 383. The molecule has 2 rings (SSSR count). The van der Waals surface area contributed by atoms with E-state index >= 15 is 0 Å². The largest absolute Gasteiger partial charge is 0.399 e. The Balaban J connectivity index is 1.72. The summed E-state index contributed by atoms with van der Waals surface area (Å²) in [5.41, 5.74) is 7.40. The summed E-state index contributed by atoms with van der Waals surface area (Å²) in [5.74, 6) is 0.0544. The molecule has 3 N–H and O–H groups in total. The topological polar surface area (TPSA) is 64.3 Å². The smallest absolute Gasteiger partial charge is 0.222 e. The molecule has 0 aromatic heterocycles. The molecule has 1 aromatic rings. The fourth-order valence-corrected chi connectivity index (χ4v) is 2.08. The molecule has 4 heteroatoms. The summed E-state index contributed by atoms with van der Waals surface area (Å²) < 4.78 is 5.54. The number of anilines is 1. The predicted molar refractivity (Wildman–Crippen MR) is 70.9 cm³/mol. The minimum absolute atomic E-state index is 0.0544. The van der Waals surface area contributed by atoms with Crippen LogP contribution in [0.4, 0.5) is 5.69 Å². The number of nitrogens with one attached hydrogen (secondary N) is 1. The van der Waals surface area contributed by atoms with E-state index in [2.05, 4.69) is 5.32 Å². The van der Waals surface area contributed by atoms with Gasteiger partial charge in [-0.2, -0.15) is 0 Å². The number of benzene rings is 1. The van der Waals surface area contributed by atoms with Crippen LogP contribution in [0.2, 0.25) is 0 Å². The molecule has 1 aromatic carbocycles. The third-order valence-electron chi connectivity index (χ3n) is 3.16. The normalized spacial score (nSPS) is 19.4. The highest BCUT2D eigenvalue weighted by molar-refractivity contribution is 5.76. The molecule has 1 unspecified atom stereocenters. The number of carbonyl (C=O) groups excluding carboxylic acids is 1. The van der Waals surface area contributed by atoms with E-state index in [0.717, 1.165) is 37.1 Å². The third-order valence-corrected chi connectivity index (χ3v) is 3.16. The summed E-state index contributed by atoms with van der Waals surface area (Å²) in [6.07, 6.45) is 3.84. The van der Waals surface area contributed by atoms with Crippen LogP contribution >= 0.6 is 0 Å². The molecule has 1 atom stereocenters. The van der Waals surface area contributed by atoms with Crippen molar-refractivity contribution < 1.29 is 9.53 Å². The summed E-state index contributed by atoms with van der Waals surface area (Å²) >= 11 is 0. The van der Waals surface area contributed by atoms with Crippen LogP contribution in [0.15, 0.2) is 24.3 Å². The second kappa shape index (κ2) is 6.40. The first-order valence-corrected chi connectivity index (χ1v) is 6.47. The van der Waals surface area contributed by atoms with Crippen LogP contribution < -0.4 is 11.1 Å². The average molecular weight is 248 g/mol. The average Bonchev–Trinajstić information content (AvgIpc) is 2.39. The van der Waals surface area contributed by atoms with Gasteiger partial charge in [-0.1, -0.05) is 12.1 Å². The summed E-state index contributed by atoms with van der Waals surface area (Å²) in [6.45, 7) is 1.34. The van der Waals surface area contributed by atoms with E-state index in [4.69, 9.17) is 10.5 Å². The molecule has 0 aliphatic carbocycles. The van der Waals surface area contributed by atoms with Crippen LogP contribution in [-0.4, -0.2) is 18.6 Å². The summed E-state index contributed by atoms with van der Waals surface area (Å²) in [4.78, 5) is 11.7. The van der Waals surface area contributed by atoms with E-state index in [0.29, 0.717) is 13.0 Å². The zero-order chi connectivity index (χ0) is 12.8. The van der Waals surface area contributed by atoms with Gasteiger partial charge < -0.3 is 15.8 Å². The molecule has 1 aliphatic rings. The fraction of sp³-hybridized carbons (Fsp3) is 0.500. The maximum absolute atomic E-state index is 11.7. The van der Waals surface area contributed by atoms with Crippen LogP contribution in [0.1, 0.15) is 31.2 Å². The lowest BCUT2D eigenvalue weighted by Gasteiger charge is -2.21. The van der Waals surface area contributed by atoms with Gasteiger partial charge in [0.15, 0.2) is 0 Å². The van der Waals surface area contributed by atoms with E-state index in [1.807, 2.05) is 24.3 Å². The molecule has 1 heterocycles. The van der Waals surface area contributed by atoms with Crippen LogP contribution in [0, 0.1) is 0 Å². The van der Waals surface area contributed by atoms with Crippen molar-refractivity contribution in [3.63, 3.8) is 0 Å². The monoisotopic (exact) mass is 248 g/mol. The third kappa shape index (κ3) is 4.04. The van der Waals surface area contributed by atoms with Crippen molar-refractivity contribution in [2.24, 2.45) is 0 Å². The molecule has 0 spiro atoms. The molecule has 98 valence electrons. The molecule has 18 heavy (non-hydrogen) atoms. The number of hydrogen-bond donors (Lipinski definition) is 2. The standard InChI is InChI=1S/C14H20N2O2/c15-12-6-4-11(5-7-12)10-16-14(17)9-13-3-1-2-8-18-13/h4-7,13H,1-3,8-10,15H2,(H,16,17). The SMILES string of the molecule is Nc1ccc(CNC(=O)CC2CCCCO2)cc1. The van der Waals surface area contributed by atoms with Crippen molar-refractivity contribution in [1.82, 2.24) is 5.32 Å². The van der Waals surface area contributed by atoms with Gasteiger partial charge in [0.25, 0.3) is 0 Å². The molecule has 1 aliphatic heterocycles. The van der Waals surface area contributed by atoms with Crippen molar-refractivity contribution in [1.29, 1.82) is 0 Å². The van der Waals surface area contributed by atoms with Crippen LogP contribution in [0.5, 0.6) is 0 Å². The highest BCUT2D eigenvalue weighted by Gasteiger charge is 2.17. The molecule has 1 fully saturated rings. The maximum atomic E-state index is 11.7. The molecule has 0 radical (unpaired) electrons. The Kier molecular flexibility index (Phi) is 4.59. The lowest BCUT2D eigenvalue weighted by atomic mass is 10.1. The molecule has 1 saturated heterocycles. The van der Waals surface area contributed by atoms with Gasteiger partial charge in [0, 0.05) is 18.8 Å². The number of nitrogen functional groups attached to an aromatic ring is 1. The number of rotatable bonds is 4. The van der Waals surface area contributed by atoms with Gasteiger partial charge in [0.1, 0.15) is 0 Å². The minimum Gasteiger partial charge on any atom is -0.399 e. The quantitative estimate of drug-likeness (QED) is 0.799. The lowest BCUT2D eigenvalue weighted by Crippen LogP contribution is -2.30. The highest BCUT2D eigenvalue weighted by Crippen LogP contribution is 2.15. The van der Waals surface area contributed by atoms with E-state index in [9.17, 15) is 4.79 Å². The fourth-order valence-electron chi connectivity index (χ4n) is 2.08. The number of nitrogens with two attached hydrogens (primary N) is 1. The van der Waals surface area contributed by atoms with E-state index in [1.54, 1.807) is 0 Å². The van der Waals surface area contributed by atoms with Crippen molar-refractivity contribution in [3.8, 4) is 0 Å². The Morgan fingerprint density at radius 1 is 1.33 bits per heavy atom. The lowest BCUT2D eigenvalue weighted by molar-refractivity contribution is -0.125. The number of carbonyl (C=O) groups is 1. The molecule has 4 nitrogen and oxygen atoms in total. The van der Waals surface area contributed by atoms with Crippen LogP contribution in [0.25, 0.3) is 0 Å². The Morgan fingerprint density at radius 3 is 2.78 bits per heavy atom. The Hall–Kier alpha value is -1.55. The molecule has 0 saturated carbocycles. The van der Waals surface area contributed by atoms with Gasteiger partial charge in [-0.25, -0.2) is 0 Å². The summed E-state index contributed by atoms with van der Waals surface area (Å²) in [6, 6.07) is 7.52. The van der Waals surface area contributed by atoms with Gasteiger partial charge in [-0.3, -0.25) is 4.79 Å². The number of amides is 1. The van der Waals surface area contributed by atoms with Crippen molar-refractivity contribution in [3.05, 3.63) is 29.8 Å². The summed E-state index contributed by atoms with van der Waals surface area (Å²) in [5, 5.41) is 2.91. The van der Waals surface area contributed by atoms with Crippen LogP contribution in [-0.2, 0) is 16.1 Å². The van der Waals surface area contributed by atoms with Gasteiger partial charge in [-0.05, 0) is 37.0 Å². The number of hydrogen-bond acceptors (Lipinski definition) is 3. The van der Waals surface area contributed by atoms with Crippen molar-refractivity contribution >= 4 is 11.6 Å². The van der Waals surface area contributed by atoms with E-state index in [1.165, 1.54) is 0 Å². The Morgan fingerprint density at radius 2 is 2.11 bits per heavy atom. The highest BCUT2D eigenvalue weighted by atomic mass is 16.5. The first-order chi connectivity index (χ1) is 8.74. The zero-order valence-electron chi connectivity index (χ0n) is 10.5. The minimum atomic E-state index is 0.0544. The first kappa shape index (κ1) is 12.9. The maximum Gasteiger partial charge on any atom is 0.222 e. The van der Waals surface area contributed by atoms with Gasteiger partial charge in [0.05, 0.1) is 12.5 Å². The van der Waals surface area contributed by atoms with E-state index in [-0.39, 0.29) is 12.0 Å². The van der Waals surface area contributed by atoms with Crippen molar-refractivity contribution in [2.75, 3.05) is 12.3 Å². The van der Waals surface area contributed by atoms with Gasteiger partial charge >= 0.3 is 0 Å². The van der Waals surface area contributed by atoms with Gasteiger partial charge in [0.2, 0.25) is 5.91 Å². The molecule has 1 amide bonds. The molecular weight excluding hydrogens is 228 g/mol. The second-order valence-electron chi connectivity index (χ2n) is 4.71. The first-order valence-electron chi connectivity index (χ1n) is 6.47. The van der Waals surface area contributed by atoms with E-state index < -0.39 is 0 Å². The van der Waals surface area contributed by atoms with Crippen molar-refractivity contribution in [2.45, 2.75) is 38.3 Å². The predicted octanol–water partition coefficient (Wildman–Crippen LogP) is 1.84. The summed E-state index contributed by atoms with van der Waals surface area (Å²) in [7, 11) is 0. The second-order valence-corrected chi connectivity index (χ2v) is 4.71. The molecule has 0 bridgehead atoms. The number of ether oxygens (including phenoxy) is 1. The Labute approximate surface area is 108 Å². The van der Waals surface area contributed by atoms with Gasteiger partial charge in [-0.15, -0.1) is 0 Å². The zero-order valence-corrected chi connectivity index (χ0v) is 10.5. The van der Waals surface area contributed by atoms with Crippen LogP contribution in [0.3, 0.4) is 0 Å².